The van der Waals surface area contributed by atoms with Crippen molar-refractivity contribution in [1.29, 1.82) is 0 Å². The molecule has 10 nitrogen and oxygen atoms in total. The molecule has 3 aromatic carbocycles. The number of ketones is 1. The summed E-state index contributed by atoms with van der Waals surface area (Å²) in [7, 11) is 0. The summed E-state index contributed by atoms with van der Waals surface area (Å²) in [6, 6.07) is 28.0. The van der Waals surface area contributed by atoms with Gasteiger partial charge in [0.25, 0.3) is 11.8 Å². The van der Waals surface area contributed by atoms with E-state index in [1.807, 2.05) is 78.9 Å². The molecule has 1 saturated heterocycles. The molecule has 5 aromatic rings. The quantitative estimate of drug-likeness (QED) is 0.261. The molecule has 7 rings (SSSR count). The molecule has 10 heteroatoms. The van der Waals surface area contributed by atoms with Gasteiger partial charge in [0.2, 0.25) is 12.1 Å². The van der Waals surface area contributed by atoms with Crippen LogP contribution in [0.2, 0.25) is 0 Å². The molecule has 2 aliphatic rings. The monoisotopic (exact) mass is 542 g/mol. The lowest BCUT2D eigenvalue weighted by atomic mass is 10.1. The minimum atomic E-state index is -0.977. The van der Waals surface area contributed by atoms with Crippen LogP contribution in [0.4, 0.5) is 5.69 Å². The van der Waals surface area contributed by atoms with Gasteiger partial charge in [0.05, 0.1) is 11.4 Å². The summed E-state index contributed by atoms with van der Waals surface area (Å²) in [6.07, 6.45) is 2.24. The molecule has 0 radical (unpaired) electrons. The summed E-state index contributed by atoms with van der Waals surface area (Å²) >= 11 is 0. The maximum Gasteiger partial charge on any atom is 0.268 e. The van der Waals surface area contributed by atoms with Crippen molar-refractivity contribution in [2.45, 2.75) is 13.2 Å². The number of aromatic nitrogens is 2. The highest BCUT2D eigenvalue weighted by Gasteiger charge is 2.48. The van der Waals surface area contributed by atoms with Crippen molar-refractivity contribution >= 4 is 46.2 Å². The number of hydrogen-bond donors (Lipinski definition) is 1. The van der Waals surface area contributed by atoms with Crippen LogP contribution in [0.15, 0.2) is 112 Å². The van der Waals surface area contributed by atoms with Crippen molar-refractivity contribution in [2.75, 3.05) is 5.01 Å². The lowest BCUT2D eigenvalue weighted by Gasteiger charge is -2.34. The second kappa shape index (κ2) is 9.45. The van der Waals surface area contributed by atoms with E-state index in [0.717, 1.165) is 11.1 Å². The third kappa shape index (κ3) is 4.09. The van der Waals surface area contributed by atoms with E-state index in [1.165, 1.54) is 22.9 Å². The van der Waals surface area contributed by atoms with Crippen LogP contribution in [-0.2, 0) is 14.4 Å². The van der Waals surface area contributed by atoms with Crippen LogP contribution < -0.4 is 10.3 Å². The molecule has 1 fully saturated rings. The minimum Gasteiger partial charge on any atom is -0.454 e. The maximum atomic E-state index is 13.9. The fourth-order valence-electron chi connectivity index (χ4n) is 4.98. The lowest BCUT2D eigenvalue weighted by Crippen LogP contribution is -2.62. The molecule has 2 aliphatic heterocycles. The molecule has 200 valence electrons. The molecule has 0 bridgehead atoms. The zero-order chi connectivity index (χ0) is 28.1. The molecule has 4 heterocycles. The summed E-state index contributed by atoms with van der Waals surface area (Å²) in [6.45, 7) is 1.33. The Hall–Kier alpha value is -5.77. The molecule has 0 aliphatic carbocycles. The van der Waals surface area contributed by atoms with Crippen LogP contribution >= 0.6 is 0 Å². The van der Waals surface area contributed by atoms with Gasteiger partial charge in [-0.1, -0.05) is 54.6 Å². The Morgan fingerprint density at radius 3 is 2.32 bits per heavy atom. The maximum absolute atomic E-state index is 13.9. The van der Waals surface area contributed by atoms with Crippen molar-refractivity contribution < 1.29 is 18.8 Å². The van der Waals surface area contributed by atoms with Crippen LogP contribution in [0.3, 0.4) is 0 Å². The summed E-state index contributed by atoms with van der Waals surface area (Å²) in [4.78, 5) is 41.1. The summed E-state index contributed by atoms with van der Waals surface area (Å²) in [5.74, 6) is -1.23. The fraction of sp³-hybridized carbons (Fsp3) is 0.0645. The second-order valence-electron chi connectivity index (χ2n) is 9.60. The van der Waals surface area contributed by atoms with Crippen molar-refractivity contribution in [1.82, 2.24) is 20.0 Å². The number of furan rings is 1. The zero-order valence-electron chi connectivity index (χ0n) is 21.8. The molecule has 1 unspecified atom stereocenters. The van der Waals surface area contributed by atoms with Crippen molar-refractivity contribution in [3.8, 4) is 17.1 Å². The standard InChI is InChI=1S/C31H22N6O4/c1-19(38)28-34-37(23-13-6-3-7-14-23)31-32-29(39)24(30(40)36(28)31)16-21-18-35(22-11-4-2-5-12-22)33-27(21)26-17-20-10-8-9-15-25(20)41-26/h2-18,31H,1H3,(H,32,39)/b24-16+. The van der Waals surface area contributed by atoms with E-state index in [0.29, 0.717) is 28.3 Å². The van der Waals surface area contributed by atoms with Gasteiger partial charge in [-0.25, -0.2) is 14.6 Å². The van der Waals surface area contributed by atoms with Crippen LogP contribution in [0.1, 0.15) is 12.5 Å². The van der Waals surface area contributed by atoms with E-state index >= 15 is 0 Å². The van der Waals surface area contributed by atoms with Crippen LogP contribution in [0.5, 0.6) is 0 Å². The smallest absolute Gasteiger partial charge is 0.268 e. The number of nitrogens with zero attached hydrogens (tertiary/aromatic N) is 5. The number of nitrogens with one attached hydrogen (secondary N) is 1. The van der Waals surface area contributed by atoms with E-state index in [2.05, 4.69) is 10.4 Å². The number of carbonyl (C=O) groups excluding carboxylic acids is 3. The lowest BCUT2D eigenvalue weighted by molar-refractivity contribution is -0.134. The van der Waals surface area contributed by atoms with Crippen LogP contribution in [0, 0.1) is 0 Å². The average Bonchev–Trinajstić information content (AvgIpc) is 3.71. The molecule has 2 aromatic heterocycles. The number of fused-ring (bicyclic) bond motifs is 2. The molecule has 0 saturated carbocycles. The highest BCUT2D eigenvalue weighted by molar-refractivity contribution is 6.44. The highest BCUT2D eigenvalue weighted by Crippen LogP contribution is 2.33. The van der Waals surface area contributed by atoms with Crippen molar-refractivity contribution in [2.24, 2.45) is 5.10 Å². The first-order valence-corrected chi connectivity index (χ1v) is 12.9. The van der Waals surface area contributed by atoms with Crippen molar-refractivity contribution in [3.63, 3.8) is 0 Å². The summed E-state index contributed by atoms with van der Waals surface area (Å²) in [5.41, 5.74) is 2.88. The topological polar surface area (TPSA) is 113 Å². The number of hydrazone groups is 1. The van der Waals surface area contributed by atoms with E-state index in [9.17, 15) is 14.4 Å². The first kappa shape index (κ1) is 24.3. The van der Waals surface area contributed by atoms with Gasteiger partial charge >= 0.3 is 0 Å². The Morgan fingerprint density at radius 1 is 0.927 bits per heavy atom. The zero-order valence-corrected chi connectivity index (χ0v) is 21.8. The minimum absolute atomic E-state index is 0.0627. The Labute approximate surface area is 233 Å². The molecular formula is C31H22N6O4. The van der Waals surface area contributed by atoms with Crippen LogP contribution in [0.25, 0.3) is 34.2 Å². The molecule has 41 heavy (non-hydrogen) atoms. The van der Waals surface area contributed by atoms with E-state index in [4.69, 9.17) is 9.52 Å². The molecular weight excluding hydrogens is 520 g/mol. The predicted molar refractivity (Wildman–Crippen MR) is 153 cm³/mol. The highest BCUT2D eigenvalue weighted by atomic mass is 16.3. The van der Waals surface area contributed by atoms with Gasteiger partial charge in [-0.05, 0) is 42.5 Å². The van der Waals surface area contributed by atoms with Gasteiger partial charge in [-0.15, -0.1) is 5.10 Å². The number of amides is 2. The largest absolute Gasteiger partial charge is 0.454 e. The first-order chi connectivity index (χ1) is 20.0. The Morgan fingerprint density at radius 2 is 1.61 bits per heavy atom. The SMILES string of the molecule is CC(=O)C1=NN(c2ccccc2)C2NC(=O)/C(=C\c3cn(-c4ccccc4)nc3-c3cc4ccccc4o3)C(=O)N12. The van der Waals surface area contributed by atoms with E-state index in [-0.39, 0.29) is 11.4 Å². The van der Waals surface area contributed by atoms with E-state index < -0.39 is 23.9 Å². The fourth-order valence-corrected chi connectivity index (χ4v) is 4.98. The van der Waals surface area contributed by atoms with Gasteiger partial charge in [-0.2, -0.15) is 5.10 Å². The van der Waals surface area contributed by atoms with Gasteiger partial charge in [0, 0.05) is 24.1 Å². The number of hydrogen-bond acceptors (Lipinski definition) is 7. The number of benzene rings is 3. The number of anilines is 1. The van der Waals surface area contributed by atoms with Gasteiger partial charge in [0.1, 0.15) is 16.9 Å². The van der Waals surface area contributed by atoms with Gasteiger partial charge in [0.15, 0.2) is 11.5 Å². The molecule has 1 N–H and O–H groups in total. The van der Waals surface area contributed by atoms with Gasteiger partial charge in [-0.3, -0.25) is 14.4 Å². The molecule has 2 amide bonds. The predicted octanol–water partition coefficient (Wildman–Crippen LogP) is 4.33. The number of Topliss-reactive ketones (excluding diaryl/α,β-unsaturated/α-hetero) is 1. The number of para-hydroxylation sites is 3. The molecule has 0 spiro atoms. The summed E-state index contributed by atoms with van der Waals surface area (Å²) < 4.78 is 7.76. The third-order valence-electron chi connectivity index (χ3n) is 6.92. The molecule has 1 atom stereocenters. The number of amidine groups is 1. The second-order valence-corrected chi connectivity index (χ2v) is 9.60. The third-order valence-corrected chi connectivity index (χ3v) is 6.92. The Balaban J connectivity index is 1.33. The van der Waals surface area contributed by atoms with Crippen molar-refractivity contribution in [3.05, 3.63) is 108 Å². The Bertz CT molecular complexity index is 1870. The summed E-state index contributed by atoms with van der Waals surface area (Å²) in [5, 5.41) is 14.3. The van der Waals surface area contributed by atoms with Crippen LogP contribution in [-0.4, -0.2) is 44.4 Å². The Kier molecular flexibility index (Phi) is 5.60. The van der Waals surface area contributed by atoms with E-state index in [1.54, 1.807) is 23.0 Å². The van der Waals surface area contributed by atoms with Gasteiger partial charge < -0.3 is 9.73 Å². The number of carbonyl (C=O) groups is 3. The average molecular weight is 543 g/mol. The number of rotatable bonds is 5. The normalized spacial score (nSPS) is 17.6. The first-order valence-electron chi connectivity index (χ1n) is 12.9.